The van der Waals surface area contributed by atoms with Gasteiger partial charge in [0, 0.05) is 7.05 Å². The Morgan fingerprint density at radius 3 is 2.39 bits per heavy atom. The molecule has 3 aromatic rings. The van der Waals surface area contributed by atoms with Gasteiger partial charge in [-0.3, -0.25) is 14.3 Å². The minimum atomic E-state index is -4.07. The first-order valence-corrected chi connectivity index (χ1v) is 11.1. The maximum absolute atomic E-state index is 12.9. The standard InChI is InChI=1S/C21H22N4O7S/c1-13-19(20(27)25(24(13)2)14-7-5-4-6-8-14)23-18(26)12-32-21(28)16-11-15(33(22,29)30)9-10-17(16)31-3/h4-11H,12H2,1-3H3,(H,23,26)(H2,22,29,30). The Hall–Kier alpha value is -3.90. The van der Waals surface area contributed by atoms with Crippen LogP contribution in [-0.4, -0.2) is 43.4 Å². The highest BCUT2D eigenvalue weighted by atomic mass is 32.2. The van der Waals surface area contributed by atoms with E-state index in [2.05, 4.69) is 5.32 Å². The lowest BCUT2D eigenvalue weighted by molar-refractivity contribution is -0.119. The fraction of sp³-hybridized carbons (Fsp3) is 0.190. The van der Waals surface area contributed by atoms with E-state index in [0.29, 0.717) is 11.4 Å². The summed E-state index contributed by atoms with van der Waals surface area (Å²) in [4.78, 5) is 37.4. The average Bonchev–Trinajstić information content (AvgIpc) is 3.00. The van der Waals surface area contributed by atoms with Gasteiger partial charge in [-0.1, -0.05) is 18.2 Å². The van der Waals surface area contributed by atoms with Crippen molar-refractivity contribution in [1.82, 2.24) is 9.36 Å². The molecule has 0 bridgehead atoms. The zero-order valence-corrected chi connectivity index (χ0v) is 18.9. The van der Waals surface area contributed by atoms with Crippen LogP contribution in [0.4, 0.5) is 5.69 Å². The van der Waals surface area contributed by atoms with Crippen LogP contribution in [0.2, 0.25) is 0 Å². The molecule has 1 heterocycles. The van der Waals surface area contributed by atoms with Crippen molar-refractivity contribution in [2.24, 2.45) is 12.2 Å². The summed E-state index contributed by atoms with van der Waals surface area (Å²) in [6, 6.07) is 12.3. The number of benzene rings is 2. The third-order valence-electron chi connectivity index (χ3n) is 4.87. The smallest absolute Gasteiger partial charge is 0.342 e. The maximum Gasteiger partial charge on any atom is 0.342 e. The predicted molar refractivity (Wildman–Crippen MR) is 119 cm³/mol. The third-order valence-corrected chi connectivity index (χ3v) is 5.78. The van der Waals surface area contributed by atoms with E-state index in [0.717, 1.165) is 6.07 Å². The lowest BCUT2D eigenvalue weighted by Gasteiger charge is -2.10. The van der Waals surface area contributed by atoms with Gasteiger partial charge in [-0.05, 0) is 37.3 Å². The second kappa shape index (κ2) is 9.30. The number of carbonyl (C=O) groups is 2. The number of sulfonamides is 1. The molecule has 0 unspecified atom stereocenters. The Morgan fingerprint density at radius 2 is 1.79 bits per heavy atom. The summed E-state index contributed by atoms with van der Waals surface area (Å²) in [5.74, 6) is -1.72. The lowest BCUT2D eigenvalue weighted by atomic mass is 10.2. The van der Waals surface area contributed by atoms with Gasteiger partial charge in [0.2, 0.25) is 10.0 Å². The topological polar surface area (TPSA) is 152 Å². The Balaban J connectivity index is 1.77. The number of methoxy groups -OCH3 is 1. The van der Waals surface area contributed by atoms with Crippen molar-refractivity contribution in [3.63, 3.8) is 0 Å². The van der Waals surface area contributed by atoms with Crippen LogP contribution >= 0.6 is 0 Å². The highest BCUT2D eigenvalue weighted by Crippen LogP contribution is 2.23. The van der Waals surface area contributed by atoms with Gasteiger partial charge in [-0.25, -0.2) is 23.0 Å². The Morgan fingerprint density at radius 1 is 1.12 bits per heavy atom. The lowest BCUT2D eigenvalue weighted by Crippen LogP contribution is -2.26. The minimum absolute atomic E-state index is 0.0382. The minimum Gasteiger partial charge on any atom is -0.496 e. The molecule has 3 rings (SSSR count). The molecule has 0 fully saturated rings. The van der Waals surface area contributed by atoms with Gasteiger partial charge in [0.1, 0.15) is 17.0 Å². The molecule has 1 amide bonds. The highest BCUT2D eigenvalue weighted by molar-refractivity contribution is 7.89. The number of para-hydroxylation sites is 1. The summed E-state index contributed by atoms with van der Waals surface area (Å²) in [5.41, 5.74) is 0.465. The van der Waals surface area contributed by atoms with E-state index in [1.165, 1.54) is 23.9 Å². The molecule has 0 radical (unpaired) electrons. The number of esters is 1. The molecule has 0 aliphatic rings. The summed E-state index contributed by atoms with van der Waals surface area (Å²) in [5, 5.41) is 7.55. The van der Waals surface area contributed by atoms with Gasteiger partial charge < -0.3 is 14.8 Å². The first kappa shape index (κ1) is 23.8. The number of nitrogens with one attached hydrogen (secondary N) is 1. The molecule has 11 nitrogen and oxygen atoms in total. The fourth-order valence-corrected chi connectivity index (χ4v) is 3.66. The van der Waals surface area contributed by atoms with Gasteiger partial charge in [0.05, 0.1) is 23.4 Å². The molecule has 0 saturated carbocycles. The first-order chi connectivity index (χ1) is 15.5. The molecule has 0 aliphatic carbocycles. The normalized spacial score (nSPS) is 11.2. The van der Waals surface area contributed by atoms with Gasteiger partial charge in [0.25, 0.3) is 11.5 Å². The summed E-state index contributed by atoms with van der Waals surface area (Å²) in [6.07, 6.45) is 0. The van der Waals surface area contributed by atoms with Crippen LogP contribution in [0.15, 0.2) is 58.2 Å². The molecular formula is C21H22N4O7S. The zero-order valence-electron chi connectivity index (χ0n) is 18.1. The molecule has 0 spiro atoms. The molecule has 0 saturated heterocycles. The summed E-state index contributed by atoms with van der Waals surface area (Å²) >= 11 is 0. The summed E-state index contributed by atoms with van der Waals surface area (Å²) in [7, 11) is -1.12. The number of nitrogens with zero attached hydrogens (tertiary/aromatic N) is 2. The van der Waals surface area contributed by atoms with Gasteiger partial charge in [-0.15, -0.1) is 0 Å². The molecule has 0 aliphatic heterocycles. The van der Waals surface area contributed by atoms with E-state index in [1.54, 1.807) is 42.9 Å². The number of primary sulfonamides is 1. The van der Waals surface area contributed by atoms with E-state index in [9.17, 15) is 22.8 Å². The van der Waals surface area contributed by atoms with Crippen molar-refractivity contribution in [3.8, 4) is 11.4 Å². The predicted octanol–water partition coefficient (Wildman–Crippen LogP) is 0.936. The largest absolute Gasteiger partial charge is 0.496 e. The van der Waals surface area contributed by atoms with Crippen molar-refractivity contribution in [3.05, 3.63) is 70.1 Å². The molecular weight excluding hydrogens is 452 g/mol. The number of hydrogen-bond donors (Lipinski definition) is 2. The molecule has 0 atom stereocenters. The molecule has 1 aromatic heterocycles. The third kappa shape index (κ3) is 4.96. The molecule has 3 N–H and O–H groups in total. The van der Waals surface area contributed by atoms with E-state index in [4.69, 9.17) is 14.6 Å². The number of rotatable bonds is 7. The summed E-state index contributed by atoms with van der Waals surface area (Å²) < 4.78 is 36.1. The SMILES string of the molecule is COc1ccc(S(N)(=O)=O)cc1C(=O)OCC(=O)Nc1c(C)n(C)n(-c2ccccc2)c1=O. The number of nitrogens with two attached hydrogens (primary N) is 1. The van der Waals surface area contributed by atoms with Crippen molar-refractivity contribution < 1.29 is 27.5 Å². The fourth-order valence-electron chi connectivity index (χ4n) is 3.12. The van der Waals surface area contributed by atoms with Crippen LogP contribution in [0.25, 0.3) is 5.69 Å². The highest BCUT2D eigenvalue weighted by Gasteiger charge is 2.21. The molecule has 12 heteroatoms. The molecule has 2 aromatic carbocycles. The van der Waals surface area contributed by atoms with Crippen molar-refractivity contribution in [2.75, 3.05) is 19.0 Å². The van der Waals surface area contributed by atoms with E-state index in [-0.39, 0.29) is 21.9 Å². The number of anilines is 1. The van der Waals surface area contributed by atoms with E-state index in [1.807, 2.05) is 6.07 Å². The quantitative estimate of drug-likeness (QED) is 0.483. The zero-order chi connectivity index (χ0) is 24.3. The number of amides is 1. The maximum atomic E-state index is 12.9. The van der Waals surface area contributed by atoms with Gasteiger partial charge >= 0.3 is 5.97 Å². The molecule has 33 heavy (non-hydrogen) atoms. The number of hydrogen-bond acceptors (Lipinski definition) is 7. The molecule has 174 valence electrons. The van der Waals surface area contributed by atoms with Crippen molar-refractivity contribution in [2.45, 2.75) is 11.8 Å². The number of carbonyl (C=O) groups excluding carboxylic acids is 2. The van der Waals surface area contributed by atoms with Crippen LogP contribution in [0.3, 0.4) is 0 Å². The monoisotopic (exact) mass is 474 g/mol. The number of aromatic nitrogens is 2. The van der Waals surface area contributed by atoms with Gasteiger partial charge in [-0.2, -0.15) is 0 Å². The van der Waals surface area contributed by atoms with Gasteiger partial charge in [0.15, 0.2) is 6.61 Å². The second-order valence-corrected chi connectivity index (χ2v) is 8.53. The number of ether oxygens (including phenoxy) is 2. The second-order valence-electron chi connectivity index (χ2n) is 6.97. The Kier molecular flexibility index (Phi) is 6.70. The van der Waals surface area contributed by atoms with Crippen LogP contribution in [-0.2, 0) is 26.6 Å². The van der Waals surface area contributed by atoms with E-state index < -0.39 is 34.1 Å². The van der Waals surface area contributed by atoms with Crippen LogP contribution in [0.5, 0.6) is 5.75 Å². The van der Waals surface area contributed by atoms with E-state index >= 15 is 0 Å². The Labute approximate surface area is 189 Å². The van der Waals surface area contributed by atoms with Crippen molar-refractivity contribution >= 4 is 27.6 Å². The van der Waals surface area contributed by atoms with Crippen LogP contribution in [0, 0.1) is 6.92 Å². The van der Waals surface area contributed by atoms with Crippen molar-refractivity contribution in [1.29, 1.82) is 0 Å². The summed E-state index contributed by atoms with van der Waals surface area (Å²) in [6.45, 7) is 0.937. The van der Waals surface area contributed by atoms with Crippen LogP contribution in [0.1, 0.15) is 16.1 Å². The Bertz CT molecular complexity index is 1380. The first-order valence-electron chi connectivity index (χ1n) is 9.56. The van der Waals surface area contributed by atoms with Crippen LogP contribution < -0.4 is 20.8 Å². The average molecular weight is 474 g/mol.